The summed E-state index contributed by atoms with van der Waals surface area (Å²) >= 11 is 0. The average Bonchev–Trinajstić information content (AvgIpc) is 2.18. The van der Waals surface area contributed by atoms with Gasteiger partial charge in [0.25, 0.3) is 0 Å². The van der Waals surface area contributed by atoms with Gasteiger partial charge in [0.15, 0.2) is 0 Å². The molecule has 0 bridgehead atoms. The molecule has 0 heterocycles. The van der Waals surface area contributed by atoms with Crippen LogP contribution in [0.2, 0.25) is 0 Å². The zero-order valence-electron chi connectivity index (χ0n) is 9.79. The Morgan fingerprint density at radius 3 is 2.43 bits per heavy atom. The summed E-state index contributed by atoms with van der Waals surface area (Å²) in [6, 6.07) is 3.01. The van der Waals surface area contributed by atoms with E-state index in [0.717, 1.165) is 19.6 Å². The third-order valence-corrected chi connectivity index (χ3v) is 2.61. The molecule has 14 heavy (non-hydrogen) atoms. The minimum Gasteiger partial charge on any atom is -0.383 e. The van der Waals surface area contributed by atoms with E-state index in [4.69, 9.17) is 10.00 Å². The summed E-state index contributed by atoms with van der Waals surface area (Å²) in [7, 11) is 1.72. The Hall–Kier alpha value is -0.590. The second-order valence-corrected chi connectivity index (χ2v) is 3.56. The number of hydrogen-bond acceptors (Lipinski definition) is 3. The van der Waals surface area contributed by atoms with E-state index in [1.54, 1.807) is 7.11 Å². The standard InChI is InChI=1S/C11H22N2O/c1-5-11(7-8-12)13(6-2)10(3)9-14-4/h10-11H,5-7,9H2,1-4H3. The van der Waals surface area contributed by atoms with Crippen molar-refractivity contribution in [2.24, 2.45) is 0 Å². The molecule has 3 heteroatoms. The number of likely N-dealkylation sites (N-methyl/N-ethyl adjacent to an activating group) is 1. The van der Waals surface area contributed by atoms with E-state index < -0.39 is 0 Å². The first-order valence-corrected chi connectivity index (χ1v) is 5.32. The van der Waals surface area contributed by atoms with Crippen LogP contribution in [0.25, 0.3) is 0 Å². The number of nitrogens with zero attached hydrogens (tertiary/aromatic N) is 2. The van der Waals surface area contributed by atoms with Gasteiger partial charge in [0, 0.05) is 19.2 Å². The van der Waals surface area contributed by atoms with Crippen LogP contribution in [0.5, 0.6) is 0 Å². The largest absolute Gasteiger partial charge is 0.383 e. The van der Waals surface area contributed by atoms with Crippen LogP contribution in [-0.2, 0) is 4.74 Å². The molecule has 0 spiro atoms. The summed E-state index contributed by atoms with van der Waals surface area (Å²) in [5, 5.41) is 8.72. The highest BCUT2D eigenvalue weighted by atomic mass is 16.5. The number of methoxy groups -OCH3 is 1. The molecule has 0 fully saturated rings. The van der Waals surface area contributed by atoms with Crippen LogP contribution in [0.3, 0.4) is 0 Å². The highest BCUT2D eigenvalue weighted by Gasteiger charge is 2.20. The third kappa shape index (κ3) is 4.08. The van der Waals surface area contributed by atoms with E-state index in [-0.39, 0.29) is 0 Å². The van der Waals surface area contributed by atoms with Gasteiger partial charge in [0.05, 0.1) is 19.1 Å². The second-order valence-electron chi connectivity index (χ2n) is 3.56. The van der Waals surface area contributed by atoms with Gasteiger partial charge < -0.3 is 4.74 Å². The van der Waals surface area contributed by atoms with Crippen molar-refractivity contribution in [1.29, 1.82) is 5.26 Å². The maximum atomic E-state index is 8.72. The van der Waals surface area contributed by atoms with Crippen molar-refractivity contribution in [1.82, 2.24) is 4.90 Å². The molecule has 2 unspecified atom stereocenters. The van der Waals surface area contributed by atoms with Gasteiger partial charge in [-0.15, -0.1) is 0 Å². The quantitative estimate of drug-likeness (QED) is 0.628. The molecule has 0 aromatic carbocycles. The normalized spacial score (nSPS) is 15.1. The Morgan fingerprint density at radius 2 is 2.07 bits per heavy atom. The van der Waals surface area contributed by atoms with E-state index in [2.05, 4.69) is 31.7 Å². The smallest absolute Gasteiger partial charge is 0.0638 e. The summed E-state index contributed by atoms with van der Waals surface area (Å²) in [6.45, 7) is 8.11. The summed E-state index contributed by atoms with van der Waals surface area (Å²) < 4.78 is 5.13. The first kappa shape index (κ1) is 13.4. The van der Waals surface area contributed by atoms with E-state index in [0.29, 0.717) is 18.5 Å². The fourth-order valence-corrected chi connectivity index (χ4v) is 1.87. The van der Waals surface area contributed by atoms with E-state index in [9.17, 15) is 0 Å². The van der Waals surface area contributed by atoms with Crippen molar-refractivity contribution in [2.45, 2.75) is 45.7 Å². The van der Waals surface area contributed by atoms with Gasteiger partial charge >= 0.3 is 0 Å². The van der Waals surface area contributed by atoms with Crippen molar-refractivity contribution in [2.75, 3.05) is 20.3 Å². The zero-order valence-corrected chi connectivity index (χ0v) is 9.79. The Bertz CT molecular complexity index is 177. The molecule has 3 nitrogen and oxygen atoms in total. The predicted molar refractivity (Wildman–Crippen MR) is 58.0 cm³/mol. The van der Waals surface area contributed by atoms with Crippen molar-refractivity contribution >= 4 is 0 Å². The predicted octanol–water partition coefficient (Wildman–Crippen LogP) is 2.04. The molecule has 0 N–H and O–H groups in total. The Kier molecular flexibility index (Phi) is 7.45. The fourth-order valence-electron chi connectivity index (χ4n) is 1.87. The van der Waals surface area contributed by atoms with Crippen LogP contribution in [0.15, 0.2) is 0 Å². The lowest BCUT2D eigenvalue weighted by Crippen LogP contribution is -2.43. The summed E-state index contributed by atoms with van der Waals surface area (Å²) in [5.41, 5.74) is 0. The van der Waals surface area contributed by atoms with Crippen LogP contribution in [0.1, 0.15) is 33.6 Å². The first-order valence-electron chi connectivity index (χ1n) is 5.32. The molecule has 0 aromatic heterocycles. The maximum Gasteiger partial charge on any atom is 0.0638 e. The van der Waals surface area contributed by atoms with E-state index in [1.165, 1.54) is 0 Å². The second kappa shape index (κ2) is 7.78. The first-order chi connectivity index (χ1) is 6.71. The van der Waals surface area contributed by atoms with E-state index in [1.807, 2.05) is 0 Å². The number of hydrogen-bond donors (Lipinski definition) is 0. The number of ether oxygens (including phenoxy) is 1. The molecular formula is C11H22N2O. The molecule has 0 amide bonds. The SMILES string of the molecule is CCC(CC#N)N(CC)C(C)COC. The van der Waals surface area contributed by atoms with Gasteiger partial charge in [0.1, 0.15) is 0 Å². The highest BCUT2D eigenvalue weighted by molar-refractivity contribution is 4.83. The van der Waals surface area contributed by atoms with Crippen LogP contribution in [0, 0.1) is 11.3 Å². The van der Waals surface area contributed by atoms with Gasteiger partial charge in [0.2, 0.25) is 0 Å². The van der Waals surface area contributed by atoms with Crippen LogP contribution in [-0.4, -0.2) is 37.2 Å². The molecule has 0 aromatic rings. The van der Waals surface area contributed by atoms with Crippen molar-refractivity contribution in [3.05, 3.63) is 0 Å². The lowest BCUT2D eigenvalue weighted by Gasteiger charge is -2.33. The van der Waals surface area contributed by atoms with Gasteiger partial charge in [-0.2, -0.15) is 5.26 Å². The molecule has 0 saturated heterocycles. The van der Waals surface area contributed by atoms with Gasteiger partial charge in [-0.1, -0.05) is 13.8 Å². The fraction of sp³-hybridized carbons (Fsp3) is 0.909. The van der Waals surface area contributed by atoms with Gasteiger partial charge in [-0.3, -0.25) is 4.90 Å². The van der Waals surface area contributed by atoms with Crippen molar-refractivity contribution in [3.63, 3.8) is 0 Å². The molecule has 0 saturated carbocycles. The molecule has 0 aliphatic rings. The minimum atomic E-state index is 0.371. The van der Waals surface area contributed by atoms with E-state index >= 15 is 0 Å². The Labute approximate surface area is 87.7 Å². The Morgan fingerprint density at radius 1 is 1.43 bits per heavy atom. The van der Waals surface area contributed by atoms with Crippen LogP contribution in [0.4, 0.5) is 0 Å². The molecule has 0 radical (unpaired) electrons. The number of nitriles is 1. The minimum absolute atomic E-state index is 0.371. The van der Waals surface area contributed by atoms with Crippen molar-refractivity contribution < 1.29 is 4.74 Å². The highest BCUT2D eigenvalue weighted by Crippen LogP contribution is 2.12. The zero-order chi connectivity index (χ0) is 11.0. The Balaban J connectivity index is 4.27. The summed E-state index contributed by atoms with van der Waals surface area (Å²) in [5.74, 6) is 0. The summed E-state index contributed by atoms with van der Waals surface area (Å²) in [6.07, 6.45) is 1.63. The van der Waals surface area contributed by atoms with Gasteiger partial charge in [-0.25, -0.2) is 0 Å². The summed E-state index contributed by atoms with van der Waals surface area (Å²) in [4.78, 5) is 2.34. The molecule has 0 rings (SSSR count). The number of rotatable bonds is 7. The van der Waals surface area contributed by atoms with Gasteiger partial charge in [-0.05, 0) is 19.9 Å². The molecular weight excluding hydrogens is 176 g/mol. The molecule has 0 aliphatic heterocycles. The van der Waals surface area contributed by atoms with Crippen LogP contribution < -0.4 is 0 Å². The van der Waals surface area contributed by atoms with Crippen molar-refractivity contribution in [3.8, 4) is 6.07 Å². The monoisotopic (exact) mass is 198 g/mol. The average molecular weight is 198 g/mol. The third-order valence-electron chi connectivity index (χ3n) is 2.61. The molecule has 82 valence electrons. The lowest BCUT2D eigenvalue weighted by atomic mass is 10.1. The topological polar surface area (TPSA) is 36.3 Å². The molecule has 2 atom stereocenters. The lowest BCUT2D eigenvalue weighted by molar-refractivity contribution is 0.0728. The van der Waals surface area contributed by atoms with Crippen LogP contribution >= 0.6 is 0 Å². The maximum absolute atomic E-state index is 8.72. The molecule has 0 aliphatic carbocycles.